The Labute approximate surface area is 150 Å². The Morgan fingerprint density at radius 2 is 2.12 bits per heavy atom. The topological polar surface area (TPSA) is 46.1 Å². The van der Waals surface area contributed by atoms with Gasteiger partial charge in [-0.05, 0) is 37.6 Å². The summed E-state index contributed by atoms with van der Waals surface area (Å²) in [6.45, 7) is 2.27. The Kier molecular flexibility index (Phi) is 5.31. The van der Waals surface area contributed by atoms with Gasteiger partial charge in [-0.1, -0.05) is 18.3 Å². The largest absolute Gasteiger partial charge is 0.495 e. The van der Waals surface area contributed by atoms with E-state index in [1.165, 1.54) is 12.0 Å². The summed E-state index contributed by atoms with van der Waals surface area (Å²) in [5, 5.41) is 3.29. The number of methoxy groups -OCH3 is 2. The van der Waals surface area contributed by atoms with Crippen LogP contribution in [0, 0.1) is 11.8 Å². The molecule has 1 aromatic rings. The van der Waals surface area contributed by atoms with Crippen molar-refractivity contribution in [2.24, 2.45) is 4.99 Å². The predicted molar refractivity (Wildman–Crippen MR) is 101 cm³/mol. The van der Waals surface area contributed by atoms with Crippen LogP contribution in [-0.4, -0.2) is 58.7 Å². The van der Waals surface area contributed by atoms with Gasteiger partial charge in [0.25, 0.3) is 0 Å². The summed E-state index contributed by atoms with van der Waals surface area (Å²) in [7, 11) is 7.42. The summed E-state index contributed by atoms with van der Waals surface area (Å²) in [6.07, 6.45) is 3.55. The molecule has 25 heavy (non-hydrogen) atoms. The minimum absolute atomic E-state index is 0.0731. The molecule has 0 saturated heterocycles. The monoisotopic (exact) mass is 341 g/mol. The Bertz CT molecular complexity index is 726. The number of aliphatic imine (C=N–C) groups is 1. The van der Waals surface area contributed by atoms with Crippen LogP contribution >= 0.6 is 0 Å². The molecule has 0 bridgehead atoms. The van der Waals surface area contributed by atoms with Crippen molar-refractivity contribution in [3.63, 3.8) is 0 Å². The smallest absolute Gasteiger partial charge is 0.134 e. The molecular weight excluding hydrogens is 314 g/mol. The van der Waals surface area contributed by atoms with Crippen LogP contribution in [0.5, 0.6) is 5.75 Å². The normalized spacial score (nSPS) is 16.8. The SMILES string of the molecule is CNC1=Nc2cc(C#CCN(C)CCOC)c(OC)cc2C12CCC2. The van der Waals surface area contributed by atoms with E-state index in [9.17, 15) is 0 Å². The molecule has 0 unspecified atom stereocenters. The molecule has 1 saturated carbocycles. The lowest BCUT2D eigenvalue weighted by Gasteiger charge is -2.40. The summed E-state index contributed by atoms with van der Waals surface area (Å²) >= 11 is 0. The molecule has 2 aliphatic rings. The van der Waals surface area contributed by atoms with E-state index < -0.39 is 0 Å². The maximum absolute atomic E-state index is 5.62. The first-order valence-corrected chi connectivity index (χ1v) is 8.80. The molecule has 0 atom stereocenters. The highest BCUT2D eigenvalue weighted by atomic mass is 16.5. The average Bonchev–Trinajstić information content (AvgIpc) is 2.92. The van der Waals surface area contributed by atoms with Crippen LogP contribution in [0.15, 0.2) is 17.1 Å². The lowest BCUT2D eigenvalue weighted by molar-refractivity contribution is 0.167. The Morgan fingerprint density at radius 3 is 2.72 bits per heavy atom. The fraction of sp³-hybridized carbons (Fsp3) is 0.550. The van der Waals surface area contributed by atoms with Crippen molar-refractivity contribution in [3.05, 3.63) is 23.3 Å². The van der Waals surface area contributed by atoms with Crippen LogP contribution in [0.25, 0.3) is 0 Å². The van der Waals surface area contributed by atoms with E-state index in [2.05, 4.69) is 34.2 Å². The lowest BCUT2D eigenvalue weighted by Crippen LogP contribution is -2.45. The van der Waals surface area contributed by atoms with Crippen LogP contribution < -0.4 is 10.1 Å². The number of fused-ring (bicyclic) bond motifs is 2. The van der Waals surface area contributed by atoms with Crippen LogP contribution in [0.2, 0.25) is 0 Å². The fourth-order valence-corrected chi connectivity index (χ4v) is 3.59. The number of rotatable bonds is 5. The van der Waals surface area contributed by atoms with E-state index in [0.29, 0.717) is 13.2 Å². The molecule has 1 aliphatic heterocycles. The van der Waals surface area contributed by atoms with Crippen molar-refractivity contribution >= 4 is 11.5 Å². The maximum atomic E-state index is 5.62. The highest BCUT2D eigenvalue weighted by Crippen LogP contribution is 2.53. The van der Waals surface area contributed by atoms with Gasteiger partial charge < -0.3 is 14.8 Å². The van der Waals surface area contributed by atoms with Crippen LogP contribution in [0.3, 0.4) is 0 Å². The molecule has 5 heteroatoms. The predicted octanol–water partition coefficient (Wildman–Crippen LogP) is 2.31. The molecule has 1 spiro atoms. The third-order valence-electron chi connectivity index (χ3n) is 5.21. The number of nitrogens with zero attached hydrogens (tertiary/aromatic N) is 2. The van der Waals surface area contributed by atoms with Gasteiger partial charge in [-0.2, -0.15) is 0 Å². The van der Waals surface area contributed by atoms with Crippen molar-refractivity contribution in [1.82, 2.24) is 10.2 Å². The van der Waals surface area contributed by atoms with Crippen LogP contribution in [-0.2, 0) is 10.2 Å². The zero-order valence-electron chi connectivity index (χ0n) is 15.6. The molecule has 5 nitrogen and oxygen atoms in total. The lowest BCUT2D eigenvalue weighted by atomic mass is 9.64. The molecule has 0 aromatic heterocycles. The Morgan fingerprint density at radius 1 is 1.32 bits per heavy atom. The molecule has 1 N–H and O–H groups in total. The van der Waals surface area contributed by atoms with Gasteiger partial charge in [-0.15, -0.1) is 0 Å². The van der Waals surface area contributed by atoms with Gasteiger partial charge in [-0.3, -0.25) is 4.90 Å². The van der Waals surface area contributed by atoms with Gasteiger partial charge in [0.1, 0.15) is 11.6 Å². The molecule has 1 heterocycles. The number of amidine groups is 1. The van der Waals surface area contributed by atoms with Crippen LogP contribution in [0.4, 0.5) is 5.69 Å². The molecular formula is C20H27N3O2. The molecule has 0 amide bonds. The van der Waals surface area contributed by atoms with Gasteiger partial charge in [0.05, 0.1) is 36.9 Å². The highest BCUT2D eigenvalue weighted by Gasteiger charge is 2.48. The van der Waals surface area contributed by atoms with Crippen molar-refractivity contribution in [2.75, 3.05) is 48.0 Å². The zero-order chi connectivity index (χ0) is 17.9. The van der Waals surface area contributed by atoms with E-state index in [-0.39, 0.29) is 5.41 Å². The number of hydrogen-bond acceptors (Lipinski definition) is 5. The van der Waals surface area contributed by atoms with Crippen molar-refractivity contribution in [1.29, 1.82) is 0 Å². The van der Waals surface area contributed by atoms with Crippen molar-refractivity contribution in [3.8, 4) is 17.6 Å². The van der Waals surface area contributed by atoms with E-state index in [1.54, 1.807) is 14.2 Å². The van der Waals surface area contributed by atoms with Gasteiger partial charge in [0, 0.05) is 20.7 Å². The second-order valence-electron chi connectivity index (χ2n) is 6.75. The van der Waals surface area contributed by atoms with E-state index in [1.807, 2.05) is 14.1 Å². The quantitative estimate of drug-likeness (QED) is 0.835. The third kappa shape index (κ3) is 3.24. The molecule has 1 aromatic carbocycles. The Balaban J connectivity index is 1.84. The number of nitrogens with one attached hydrogen (secondary N) is 1. The first kappa shape index (κ1) is 17.8. The highest BCUT2D eigenvalue weighted by molar-refractivity contribution is 6.01. The van der Waals surface area contributed by atoms with Crippen LogP contribution in [0.1, 0.15) is 30.4 Å². The molecule has 1 aliphatic carbocycles. The number of hydrogen-bond donors (Lipinski definition) is 1. The van der Waals surface area contributed by atoms with Gasteiger partial charge >= 0.3 is 0 Å². The summed E-state index contributed by atoms with van der Waals surface area (Å²) in [6, 6.07) is 4.21. The minimum Gasteiger partial charge on any atom is -0.495 e. The molecule has 3 rings (SSSR count). The van der Waals surface area contributed by atoms with Crippen molar-refractivity contribution in [2.45, 2.75) is 24.7 Å². The summed E-state index contributed by atoms with van der Waals surface area (Å²) in [5.41, 5.74) is 3.28. The second kappa shape index (κ2) is 7.47. The molecule has 134 valence electrons. The Hall–Kier alpha value is -2.03. The summed E-state index contributed by atoms with van der Waals surface area (Å²) in [5.74, 6) is 8.40. The van der Waals surface area contributed by atoms with E-state index in [4.69, 9.17) is 14.5 Å². The van der Waals surface area contributed by atoms with Gasteiger partial charge in [0.2, 0.25) is 0 Å². The van der Waals surface area contributed by atoms with Gasteiger partial charge in [-0.25, -0.2) is 4.99 Å². The minimum atomic E-state index is 0.0731. The average molecular weight is 341 g/mol. The summed E-state index contributed by atoms with van der Waals surface area (Å²) < 4.78 is 10.7. The standard InChI is InChI=1S/C20H27N3O2/c1-21-19-20(8-6-9-20)16-14-18(25-4)15(13-17(16)22-19)7-5-10-23(2)11-12-24-3/h13-14H,6,8-12H2,1-4H3,(H,21,22). The maximum Gasteiger partial charge on any atom is 0.134 e. The van der Waals surface area contributed by atoms with E-state index in [0.717, 1.165) is 42.2 Å². The fourth-order valence-electron chi connectivity index (χ4n) is 3.59. The number of likely N-dealkylation sites (N-methyl/N-ethyl adjacent to an activating group) is 2. The molecule has 1 fully saturated rings. The van der Waals surface area contributed by atoms with Crippen molar-refractivity contribution < 1.29 is 9.47 Å². The first-order valence-electron chi connectivity index (χ1n) is 8.80. The summed E-state index contributed by atoms with van der Waals surface area (Å²) in [4.78, 5) is 6.96. The third-order valence-corrected chi connectivity index (χ3v) is 5.21. The van der Waals surface area contributed by atoms with E-state index >= 15 is 0 Å². The second-order valence-corrected chi connectivity index (χ2v) is 6.75. The zero-order valence-corrected chi connectivity index (χ0v) is 15.6. The number of ether oxygens (including phenoxy) is 2. The molecule has 0 radical (unpaired) electrons. The number of benzene rings is 1. The van der Waals surface area contributed by atoms with Gasteiger partial charge in [0.15, 0.2) is 0 Å². The first-order chi connectivity index (χ1) is 12.1.